The molecule has 3 amide bonds. The third-order valence-corrected chi connectivity index (χ3v) is 6.89. The van der Waals surface area contributed by atoms with Crippen molar-refractivity contribution in [1.29, 1.82) is 0 Å². The Morgan fingerprint density at radius 3 is 2.56 bits per heavy atom. The first-order valence-electron chi connectivity index (χ1n) is 12.6. The number of anilines is 1. The monoisotopic (exact) mass is 493 g/mol. The number of hydrogen-bond acceptors (Lipinski definition) is 5. The van der Waals surface area contributed by atoms with Crippen LogP contribution in [0.2, 0.25) is 0 Å². The lowest BCUT2D eigenvalue weighted by Crippen LogP contribution is -2.54. The maximum Gasteiger partial charge on any atom is 0.257 e. The molecule has 4 rings (SSSR count). The molecule has 36 heavy (non-hydrogen) atoms. The zero-order valence-electron chi connectivity index (χ0n) is 21.3. The lowest BCUT2D eigenvalue weighted by Gasteiger charge is -2.42. The van der Waals surface area contributed by atoms with Gasteiger partial charge in [-0.2, -0.15) is 0 Å². The molecule has 0 bridgehead atoms. The quantitative estimate of drug-likeness (QED) is 0.636. The van der Waals surface area contributed by atoms with Crippen molar-refractivity contribution >= 4 is 23.4 Å². The third kappa shape index (κ3) is 5.87. The number of nitrogens with one attached hydrogen (secondary N) is 2. The van der Waals surface area contributed by atoms with Crippen molar-refractivity contribution in [3.63, 3.8) is 0 Å². The van der Waals surface area contributed by atoms with Gasteiger partial charge in [0.1, 0.15) is 18.5 Å². The number of nitrogens with zero attached hydrogens (tertiary/aromatic N) is 1. The standard InChI is InChI=1S/C28H35N3O5/c1-17(2)27(33)30-20-10-13-24-22(14-20)28(34)31(4)23-12-11-21(36-25(23)16-35-24)15-26(32)29-18(3)19-8-6-5-7-9-19/h5-10,13-14,17-18,21,23,25H,11-12,15-16H2,1-4H3,(H,29,32)(H,30,33)/t18-,21+,23+,25-/m0/s1. The number of benzene rings is 2. The molecule has 8 nitrogen and oxygen atoms in total. The Morgan fingerprint density at radius 2 is 1.83 bits per heavy atom. The van der Waals surface area contributed by atoms with Crippen LogP contribution in [0, 0.1) is 5.92 Å². The average Bonchev–Trinajstić information content (AvgIpc) is 2.86. The summed E-state index contributed by atoms with van der Waals surface area (Å²) in [4.78, 5) is 39.8. The van der Waals surface area contributed by atoms with Crippen molar-refractivity contribution < 1.29 is 23.9 Å². The van der Waals surface area contributed by atoms with E-state index < -0.39 is 0 Å². The Balaban J connectivity index is 1.40. The first kappa shape index (κ1) is 25.7. The second-order valence-electron chi connectivity index (χ2n) is 9.93. The normalized spacial score (nSPS) is 22.4. The molecule has 0 unspecified atom stereocenters. The predicted octanol–water partition coefficient (Wildman–Crippen LogP) is 3.93. The van der Waals surface area contributed by atoms with Gasteiger partial charge >= 0.3 is 0 Å². The van der Waals surface area contributed by atoms with Crippen molar-refractivity contribution in [1.82, 2.24) is 10.2 Å². The molecule has 0 aromatic heterocycles. The molecule has 4 atom stereocenters. The van der Waals surface area contributed by atoms with E-state index in [1.54, 1.807) is 30.1 Å². The topological polar surface area (TPSA) is 97.0 Å². The molecule has 2 N–H and O–H groups in total. The van der Waals surface area contributed by atoms with Crippen molar-refractivity contribution in [2.75, 3.05) is 19.0 Å². The fourth-order valence-electron chi connectivity index (χ4n) is 4.72. The molecule has 2 aromatic carbocycles. The molecule has 2 heterocycles. The molecule has 8 heteroatoms. The minimum Gasteiger partial charge on any atom is -0.490 e. The Morgan fingerprint density at radius 1 is 1.08 bits per heavy atom. The number of carbonyl (C=O) groups excluding carboxylic acids is 3. The maximum atomic E-state index is 13.3. The molecular weight excluding hydrogens is 458 g/mol. The number of hydrogen-bond donors (Lipinski definition) is 2. The van der Waals surface area contributed by atoms with Crippen molar-refractivity contribution in [2.24, 2.45) is 5.92 Å². The summed E-state index contributed by atoms with van der Waals surface area (Å²) in [5, 5.41) is 5.89. The van der Waals surface area contributed by atoms with Gasteiger partial charge in [0.25, 0.3) is 5.91 Å². The van der Waals surface area contributed by atoms with Crippen molar-refractivity contribution in [3.05, 3.63) is 59.7 Å². The van der Waals surface area contributed by atoms with Gasteiger partial charge in [0.05, 0.1) is 30.2 Å². The molecule has 1 saturated heterocycles. The van der Waals surface area contributed by atoms with Crippen LogP contribution in [0.4, 0.5) is 5.69 Å². The van der Waals surface area contributed by atoms with Crippen LogP contribution >= 0.6 is 0 Å². The molecule has 0 spiro atoms. The Kier molecular flexibility index (Phi) is 7.94. The molecule has 0 aliphatic carbocycles. The van der Waals surface area contributed by atoms with Crippen LogP contribution in [0.25, 0.3) is 0 Å². The van der Waals surface area contributed by atoms with Gasteiger partial charge in [-0.25, -0.2) is 0 Å². The lowest BCUT2D eigenvalue weighted by molar-refractivity contribution is -0.134. The highest BCUT2D eigenvalue weighted by Gasteiger charge is 2.39. The highest BCUT2D eigenvalue weighted by Crippen LogP contribution is 2.32. The van der Waals surface area contributed by atoms with Crippen LogP contribution in [0.3, 0.4) is 0 Å². The van der Waals surface area contributed by atoms with E-state index in [1.807, 2.05) is 51.1 Å². The molecule has 2 aromatic rings. The van der Waals surface area contributed by atoms with Crippen molar-refractivity contribution in [2.45, 2.75) is 64.3 Å². The fourth-order valence-corrected chi connectivity index (χ4v) is 4.72. The SMILES string of the molecule is CC(C)C(=O)Nc1ccc2c(c1)C(=O)N(C)[C@@H]1CC[C@H](CC(=O)N[C@@H](C)c3ccccc3)O[C@H]1CO2. The van der Waals surface area contributed by atoms with Crippen LogP contribution in [0.1, 0.15) is 62.0 Å². The number of carbonyl (C=O) groups is 3. The van der Waals surface area contributed by atoms with E-state index in [0.717, 1.165) is 5.56 Å². The van der Waals surface area contributed by atoms with Gasteiger partial charge in [0.2, 0.25) is 11.8 Å². The Bertz CT molecular complexity index is 1100. The zero-order valence-corrected chi connectivity index (χ0v) is 21.3. The summed E-state index contributed by atoms with van der Waals surface area (Å²) in [5.74, 6) is -0.0769. The van der Waals surface area contributed by atoms with E-state index in [1.165, 1.54) is 0 Å². The minimum absolute atomic E-state index is 0.0627. The van der Waals surface area contributed by atoms with E-state index >= 15 is 0 Å². The van der Waals surface area contributed by atoms with Gasteiger partial charge in [-0.1, -0.05) is 44.2 Å². The predicted molar refractivity (Wildman–Crippen MR) is 137 cm³/mol. The van der Waals surface area contributed by atoms with Gasteiger partial charge in [-0.05, 0) is 43.5 Å². The molecule has 1 fully saturated rings. The summed E-state index contributed by atoms with van der Waals surface area (Å²) in [5.41, 5.74) is 2.02. The number of ether oxygens (including phenoxy) is 2. The Labute approximate surface area is 212 Å². The highest BCUT2D eigenvalue weighted by atomic mass is 16.5. The molecule has 2 aliphatic heterocycles. The van der Waals surface area contributed by atoms with E-state index in [2.05, 4.69) is 10.6 Å². The molecule has 2 aliphatic rings. The average molecular weight is 494 g/mol. The van der Waals surface area contributed by atoms with E-state index in [9.17, 15) is 14.4 Å². The summed E-state index contributed by atoms with van der Waals surface area (Å²) < 4.78 is 12.3. The Hall–Kier alpha value is -3.39. The minimum atomic E-state index is -0.342. The van der Waals surface area contributed by atoms with Gasteiger partial charge in [-0.3, -0.25) is 14.4 Å². The van der Waals surface area contributed by atoms with Gasteiger partial charge in [-0.15, -0.1) is 0 Å². The number of amides is 3. The van der Waals surface area contributed by atoms with Gasteiger partial charge < -0.3 is 25.0 Å². The zero-order chi connectivity index (χ0) is 25.8. The maximum absolute atomic E-state index is 13.3. The molecular formula is C28H35N3O5. The summed E-state index contributed by atoms with van der Waals surface area (Å²) >= 11 is 0. The summed E-state index contributed by atoms with van der Waals surface area (Å²) in [7, 11) is 1.77. The molecule has 0 saturated carbocycles. The van der Waals surface area contributed by atoms with Gasteiger partial charge in [0.15, 0.2) is 0 Å². The second-order valence-corrected chi connectivity index (χ2v) is 9.93. The first-order valence-corrected chi connectivity index (χ1v) is 12.6. The largest absolute Gasteiger partial charge is 0.490 e. The van der Waals surface area contributed by atoms with Crippen LogP contribution < -0.4 is 15.4 Å². The second kappa shape index (κ2) is 11.1. The number of fused-ring (bicyclic) bond motifs is 2. The summed E-state index contributed by atoms with van der Waals surface area (Å²) in [6, 6.07) is 14.7. The van der Waals surface area contributed by atoms with E-state index in [-0.39, 0.29) is 61.0 Å². The summed E-state index contributed by atoms with van der Waals surface area (Å²) in [6.45, 7) is 5.86. The van der Waals surface area contributed by atoms with Gasteiger partial charge in [0, 0.05) is 18.7 Å². The fraction of sp³-hybridized carbons (Fsp3) is 0.464. The third-order valence-electron chi connectivity index (χ3n) is 6.89. The molecule has 0 radical (unpaired) electrons. The van der Waals surface area contributed by atoms with Crippen LogP contribution in [-0.4, -0.2) is 54.5 Å². The summed E-state index contributed by atoms with van der Waals surface area (Å²) in [6.07, 6.45) is 1.05. The molecule has 192 valence electrons. The van der Waals surface area contributed by atoms with E-state index in [4.69, 9.17) is 9.47 Å². The highest BCUT2D eigenvalue weighted by molar-refractivity contribution is 6.00. The first-order chi connectivity index (χ1) is 17.2. The van der Waals surface area contributed by atoms with Crippen molar-refractivity contribution in [3.8, 4) is 5.75 Å². The van der Waals surface area contributed by atoms with E-state index in [0.29, 0.717) is 29.8 Å². The van der Waals surface area contributed by atoms with Crippen LogP contribution in [0.5, 0.6) is 5.75 Å². The number of likely N-dealkylation sites (N-methyl/N-ethyl adjacent to an activating group) is 1. The smallest absolute Gasteiger partial charge is 0.257 e. The number of rotatable bonds is 6. The lowest BCUT2D eigenvalue weighted by atomic mass is 9.94. The van der Waals surface area contributed by atoms with Crippen LogP contribution in [-0.2, 0) is 14.3 Å². The van der Waals surface area contributed by atoms with Crippen LogP contribution in [0.15, 0.2) is 48.5 Å².